The van der Waals surface area contributed by atoms with Crippen molar-refractivity contribution in [3.8, 4) is 11.5 Å². The molecule has 1 aliphatic rings. The Balaban J connectivity index is 1.73. The normalized spacial score (nSPS) is 22.9. The highest BCUT2D eigenvalue weighted by Gasteiger charge is 2.25. The molecule has 0 radical (unpaired) electrons. The molecule has 2 atom stereocenters. The van der Waals surface area contributed by atoms with E-state index < -0.39 is 0 Å². The fourth-order valence-electron chi connectivity index (χ4n) is 2.67. The first-order chi connectivity index (χ1) is 9.72. The fraction of sp³-hybridized carbons (Fsp3) is 0.571. The molecule has 0 aromatic carbocycles. The van der Waals surface area contributed by atoms with Gasteiger partial charge in [0.1, 0.15) is 11.5 Å². The van der Waals surface area contributed by atoms with Crippen molar-refractivity contribution >= 4 is 0 Å². The number of hydrogen-bond acceptors (Lipinski definition) is 6. The molecular formula is C14H18N4O2. The average molecular weight is 274 g/mol. The number of nitrogens with zero attached hydrogens (tertiary/aromatic N) is 4. The Morgan fingerprint density at radius 3 is 2.95 bits per heavy atom. The first-order valence-corrected chi connectivity index (χ1v) is 7.03. The van der Waals surface area contributed by atoms with Crippen LogP contribution in [0.15, 0.2) is 16.8 Å². The zero-order valence-electron chi connectivity index (χ0n) is 11.5. The van der Waals surface area contributed by atoms with Crippen molar-refractivity contribution < 1.29 is 9.63 Å². The van der Waals surface area contributed by atoms with Crippen molar-refractivity contribution in [2.24, 2.45) is 5.92 Å². The molecule has 0 amide bonds. The first-order valence-electron chi connectivity index (χ1n) is 7.03. The maximum Gasteiger partial charge on any atom is 0.227 e. The molecule has 2 aromatic rings. The lowest BCUT2D eigenvalue weighted by Crippen LogP contribution is -2.26. The quantitative estimate of drug-likeness (QED) is 0.920. The van der Waals surface area contributed by atoms with Gasteiger partial charge in [0.05, 0.1) is 6.10 Å². The third-order valence-corrected chi connectivity index (χ3v) is 3.78. The topological polar surface area (TPSA) is 84.9 Å². The van der Waals surface area contributed by atoms with Crippen LogP contribution < -0.4 is 0 Å². The van der Waals surface area contributed by atoms with E-state index in [0.29, 0.717) is 29.7 Å². The van der Waals surface area contributed by atoms with E-state index in [9.17, 15) is 5.11 Å². The maximum atomic E-state index is 9.98. The molecule has 0 spiro atoms. The molecule has 6 nitrogen and oxygen atoms in total. The highest BCUT2D eigenvalue weighted by Crippen LogP contribution is 2.27. The number of hydrogen-bond donors (Lipinski definition) is 1. The Morgan fingerprint density at radius 2 is 2.15 bits per heavy atom. The van der Waals surface area contributed by atoms with Gasteiger partial charge in [-0.1, -0.05) is 18.0 Å². The van der Waals surface area contributed by atoms with Crippen LogP contribution in [0.25, 0.3) is 11.5 Å². The number of aryl methyl sites for hydroxylation is 1. The monoisotopic (exact) mass is 274 g/mol. The van der Waals surface area contributed by atoms with E-state index in [-0.39, 0.29) is 12.0 Å². The van der Waals surface area contributed by atoms with Crippen LogP contribution in [0.5, 0.6) is 0 Å². The van der Waals surface area contributed by atoms with Crippen LogP contribution in [0.2, 0.25) is 0 Å². The van der Waals surface area contributed by atoms with E-state index in [1.54, 1.807) is 12.3 Å². The van der Waals surface area contributed by atoms with Gasteiger partial charge in [-0.25, -0.2) is 9.97 Å². The predicted octanol–water partition coefficient (Wildman–Crippen LogP) is 1.93. The van der Waals surface area contributed by atoms with Crippen LogP contribution in [0.3, 0.4) is 0 Å². The maximum absolute atomic E-state index is 9.98. The zero-order chi connectivity index (χ0) is 13.9. The molecule has 1 fully saturated rings. The van der Waals surface area contributed by atoms with Crippen molar-refractivity contribution in [3.05, 3.63) is 24.0 Å². The van der Waals surface area contributed by atoms with E-state index >= 15 is 0 Å². The standard InChI is InChI=1S/C14H18N4O2/c1-9-15-7-6-11(16-9)14-17-13(20-18-14)8-10-4-2-3-5-12(10)19/h6-7,10,12,19H,2-5,8H2,1H3. The minimum atomic E-state index is -0.250. The fourth-order valence-corrected chi connectivity index (χ4v) is 2.67. The number of aromatic nitrogens is 4. The molecule has 0 saturated heterocycles. The minimum absolute atomic E-state index is 0.226. The molecular weight excluding hydrogens is 256 g/mol. The van der Waals surface area contributed by atoms with Gasteiger partial charge in [-0.05, 0) is 31.7 Å². The summed E-state index contributed by atoms with van der Waals surface area (Å²) < 4.78 is 5.28. The smallest absolute Gasteiger partial charge is 0.227 e. The molecule has 3 rings (SSSR count). The molecule has 20 heavy (non-hydrogen) atoms. The Morgan fingerprint density at radius 1 is 1.30 bits per heavy atom. The molecule has 1 aliphatic carbocycles. The van der Waals surface area contributed by atoms with Crippen LogP contribution in [-0.4, -0.2) is 31.3 Å². The van der Waals surface area contributed by atoms with Gasteiger partial charge in [0.2, 0.25) is 11.7 Å². The Bertz CT molecular complexity index is 584. The Kier molecular flexibility index (Phi) is 3.73. The summed E-state index contributed by atoms with van der Waals surface area (Å²) in [5.41, 5.74) is 0.664. The van der Waals surface area contributed by atoms with Crippen LogP contribution in [0.4, 0.5) is 0 Å². The van der Waals surface area contributed by atoms with E-state index in [1.807, 2.05) is 6.92 Å². The summed E-state index contributed by atoms with van der Waals surface area (Å²) in [6, 6.07) is 1.76. The Labute approximate surface area is 117 Å². The van der Waals surface area contributed by atoms with Gasteiger partial charge in [-0.2, -0.15) is 4.98 Å². The lowest BCUT2D eigenvalue weighted by atomic mass is 9.84. The van der Waals surface area contributed by atoms with Gasteiger partial charge in [-0.3, -0.25) is 0 Å². The lowest BCUT2D eigenvalue weighted by molar-refractivity contribution is 0.0657. The second-order valence-corrected chi connectivity index (χ2v) is 5.32. The summed E-state index contributed by atoms with van der Waals surface area (Å²) in [4.78, 5) is 12.7. The number of aliphatic hydroxyl groups is 1. The zero-order valence-corrected chi connectivity index (χ0v) is 11.5. The SMILES string of the molecule is Cc1nccc(-c2noc(CC3CCCCC3O)n2)n1. The first kappa shape index (κ1) is 13.2. The van der Waals surface area contributed by atoms with E-state index in [4.69, 9.17) is 4.52 Å². The highest BCUT2D eigenvalue weighted by atomic mass is 16.5. The third kappa shape index (κ3) is 2.85. The van der Waals surface area contributed by atoms with Crippen molar-refractivity contribution in [1.82, 2.24) is 20.1 Å². The second kappa shape index (κ2) is 5.66. The largest absolute Gasteiger partial charge is 0.393 e. The summed E-state index contributed by atoms with van der Waals surface area (Å²) in [5.74, 6) is 1.96. The van der Waals surface area contributed by atoms with Crippen molar-refractivity contribution in [3.63, 3.8) is 0 Å². The molecule has 1 N–H and O–H groups in total. The molecule has 2 heterocycles. The molecule has 0 aliphatic heterocycles. The van der Waals surface area contributed by atoms with Gasteiger partial charge in [0, 0.05) is 12.6 Å². The van der Waals surface area contributed by atoms with Gasteiger partial charge in [0.15, 0.2) is 0 Å². The van der Waals surface area contributed by atoms with Gasteiger partial charge in [-0.15, -0.1) is 0 Å². The summed E-state index contributed by atoms with van der Waals surface area (Å²) in [6.45, 7) is 1.82. The van der Waals surface area contributed by atoms with Crippen LogP contribution in [0.1, 0.15) is 37.4 Å². The average Bonchev–Trinajstić information content (AvgIpc) is 2.90. The second-order valence-electron chi connectivity index (χ2n) is 5.32. The highest BCUT2D eigenvalue weighted by molar-refractivity contribution is 5.46. The molecule has 2 aromatic heterocycles. The minimum Gasteiger partial charge on any atom is -0.393 e. The summed E-state index contributed by atoms with van der Waals surface area (Å²) in [6.07, 6.45) is 6.22. The summed E-state index contributed by atoms with van der Waals surface area (Å²) in [5, 5.41) is 13.9. The molecule has 1 saturated carbocycles. The van der Waals surface area contributed by atoms with Gasteiger partial charge < -0.3 is 9.63 Å². The van der Waals surface area contributed by atoms with Crippen LogP contribution in [-0.2, 0) is 6.42 Å². The van der Waals surface area contributed by atoms with Crippen molar-refractivity contribution in [1.29, 1.82) is 0 Å². The number of rotatable bonds is 3. The third-order valence-electron chi connectivity index (χ3n) is 3.78. The van der Waals surface area contributed by atoms with E-state index in [2.05, 4.69) is 20.1 Å². The van der Waals surface area contributed by atoms with Crippen molar-refractivity contribution in [2.45, 2.75) is 45.1 Å². The molecule has 6 heteroatoms. The number of aliphatic hydroxyl groups excluding tert-OH is 1. The van der Waals surface area contributed by atoms with E-state index in [0.717, 1.165) is 25.7 Å². The molecule has 2 unspecified atom stereocenters. The van der Waals surface area contributed by atoms with E-state index in [1.165, 1.54) is 0 Å². The van der Waals surface area contributed by atoms with Crippen LogP contribution in [0, 0.1) is 12.8 Å². The summed E-state index contributed by atoms with van der Waals surface area (Å²) in [7, 11) is 0. The predicted molar refractivity (Wildman–Crippen MR) is 71.7 cm³/mol. The Hall–Kier alpha value is -1.82. The molecule has 0 bridgehead atoms. The summed E-state index contributed by atoms with van der Waals surface area (Å²) >= 11 is 0. The lowest BCUT2D eigenvalue weighted by Gasteiger charge is -2.26. The molecule has 106 valence electrons. The van der Waals surface area contributed by atoms with Gasteiger partial charge in [0.25, 0.3) is 0 Å². The van der Waals surface area contributed by atoms with Crippen LogP contribution >= 0.6 is 0 Å². The van der Waals surface area contributed by atoms with Gasteiger partial charge >= 0.3 is 0 Å². The van der Waals surface area contributed by atoms with Crippen molar-refractivity contribution in [2.75, 3.05) is 0 Å².